The van der Waals surface area contributed by atoms with E-state index in [0.717, 1.165) is 5.56 Å². The van der Waals surface area contributed by atoms with Crippen LogP contribution in [-0.2, 0) is 4.74 Å². The van der Waals surface area contributed by atoms with Gasteiger partial charge in [-0.2, -0.15) is 0 Å². The molecule has 1 N–H and O–H groups in total. The summed E-state index contributed by atoms with van der Waals surface area (Å²) in [5.41, 5.74) is 3.20. The average Bonchev–Trinajstić information content (AvgIpc) is 3.38. The van der Waals surface area contributed by atoms with Gasteiger partial charge in [0.2, 0.25) is 0 Å². The van der Waals surface area contributed by atoms with Gasteiger partial charge in [0, 0.05) is 5.69 Å². The van der Waals surface area contributed by atoms with Gasteiger partial charge in [0.25, 0.3) is 11.6 Å². The number of hydrogen-bond acceptors (Lipinski definition) is 7. The highest BCUT2D eigenvalue weighted by Crippen LogP contribution is 2.28. The van der Waals surface area contributed by atoms with Crippen molar-refractivity contribution in [2.75, 3.05) is 12.4 Å². The molecule has 0 atom stereocenters. The van der Waals surface area contributed by atoms with Crippen LogP contribution in [0.15, 0.2) is 51.6 Å². The van der Waals surface area contributed by atoms with Crippen LogP contribution in [0.3, 0.4) is 0 Å². The van der Waals surface area contributed by atoms with E-state index in [0.29, 0.717) is 39.3 Å². The molecule has 0 radical (unpaired) electrons. The molecule has 0 saturated carbocycles. The molecule has 3 heterocycles. The van der Waals surface area contributed by atoms with E-state index in [2.05, 4.69) is 15.5 Å². The molecule has 1 aromatic carbocycles. The molecule has 0 aliphatic carbocycles. The van der Waals surface area contributed by atoms with Crippen molar-refractivity contribution in [3.05, 3.63) is 65.0 Å². The van der Waals surface area contributed by atoms with Crippen molar-refractivity contribution < 1.29 is 23.3 Å². The number of carbonyl (C=O) groups excluding carboxylic acids is 2. The number of ether oxygens (including phenoxy) is 1. The molecule has 29 heavy (non-hydrogen) atoms. The second-order valence-corrected chi connectivity index (χ2v) is 6.46. The maximum Gasteiger partial charge on any atom is 0.337 e. The SMILES string of the molecule is COC(=O)c1ccc(C)c(NC(=O)c2cc(-c3ccco3)nc3onc(C)c23)c1. The van der Waals surface area contributed by atoms with Gasteiger partial charge in [0.05, 0.1) is 35.6 Å². The first-order valence-corrected chi connectivity index (χ1v) is 8.79. The third kappa shape index (κ3) is 3.36. The summed E-state index contributed by atoms with van der Waals surface area (Å²) in [7, 11) is 1.30. The van der Waals surface area contributed by atoms with Crippen molar-refractivity contribution in [2.24, 2.45) is 0 Å². The second kappa shape index (κ2) is 7.23. The number of esters is 1. The first kappa shape index (κ1) is 18.4. The number of pyridine rings is 1. The van der Waals surface area contributed by atoms with E-state index in [1.54, 1.807) is 43.3 Å². The number of methoxy groups -OCH3 is 1. The molecule has 0 spiro atoms. The Morgan fingerprint density at radius 3 is 2.69 bits per heavy atom. The van der Waals surface area contributed by atoms with Crippen molar-refractivity contribution in [1.29, 1.82) is 0 Å². The zero-order valence-corrected chi connectivity index (χ0v) is 16.0. The Hall–Kier alpha value is -3.94. The Balaban J connectivity index is 1.78. The van der Waals surface area contributed by atoms with Crippen LogP contribution in [0.2, 0.25) is 0 Å². The van der Waals surface area contributed by atoms with Gasteiger partial charge in [-0.3, -0.25) is 4.79 Å². The van der Waals surface area contributed by atoms with E-state index >= 15 is 0 Å². The van der Waals surface area contributed by atoms with E-state index in [1.807, 2.05) is 6.92 Å². The predicted octanol–water partition coefficient (Wildman–Crippen LogP) is 4.14. The molecule has 0 aliphatic rings. The molecule has 0 unspecified atom stereocenters. The number of furan rings is 1. The molecule has 0 bridgehead atoms. The molecule has 4 aromatic rings. The summed E-state index contributed by atoms with van der Waals surface area (Å²) in [5, 5.41) is 7.29. The summed E-state index contributed by atoms with van der Waals surface area (Å²) in [6.45, 7) is 3.57. The summed E-state index contributed by atoms with van der Waals surface area (Å²) in [4.78, 5) is 29.4. The van der Waals surface area contributed by atoms with E-state index in [4.69, 9.17) is 13.7 Å². The number of aryl methyl sites for hydroxylation is 2. The third-order valence-electron chi connectivity index (χ3n) is 4.54. The predicted molar refractivity (Wildman–Crippen MR) is 105 cm³/mol. The first-order valence-electron chi connectivity index (χ1n) is 8.79. The van der Waals surface area contributed by atoms with Crippen LogP contribution in [0.25, 0.3) is 22.6 Å². The molecule has 0 saturated heterocycles. The van der Waals surface area contributed by atoms with Crippen LogP contribution >= 0.6 is 0 Å². The van der Waals surface area contributed by atoms with Crippen molar-refractivity contribution in [3.8, 4) is 11.5 Å². The zero-order chi connectivity index (χ0) is 20.5. The molecule has 0 fully saturated rings. The summed E-state index contributed by atoms with van der Waals surface area (Å²) < 4.78 is 15.4. The first-order chi connectivity index (χ1) is 14.0. The lowest BCUT2D eigenvalue weighted by molar-refractivity contribution is 0.0600. The highest BCUT2D eigenvalue weighted by atomic mass is 16.5. The van der Waals surface area contributed by atoms with Gasteiger partial charge in [0.15, 0.2) is 5.76 Å². The molecule has 8 nitrogen and oxygen atoms in total. The van der Waals surface area contributed by atoms with Gasteiger partial charge >= 0.3 is 5.97 Å². The molecular weight excluding hydrogens is 374 g/mol. The van der Waals surface area contributed by atoms with Crippen LogP contribution in [0, 0.1) is 13.8 Å². The number of benzene rings is 1. The molecule has 8 heteroatoms. The van der Waals surface area contributed by atoms with Crippen LogP contribution in [0.5, 0.6) is 0 Å². The molecule has 146 valence electrons. The normalized spacial score (nSPS) is 10.9. The summed E-state index contributed by atoms with van der Waals surface area (Å²) in [6.07, 6.45) is 1.52. The minimum atomic E-state index is -0.484. The lowest BCUT2D eigenvalue weighted by Crippen LogP contribution is -2.15. The van der Waals surface area contributed by atoms with Gasteiger partial charge in [0.1, 0.15) is 5.69 Å². The zero-order valence-electron chi connectivity index (χ0n) is 16.0. The number of rotatable bonds is 4. The quantitative estimate of drug-likeness (QED) is 0.521. The van der Waals surface area contributed by atoms with Crippen molar-refractivity contribution in [1.82, 2.24) is 10.1 Å². The Morgan fingerprint density at radius 1 is 1.14 bits per heavy atom. The van der Waals surface area contributed by atoms with Crippen LogP contribution in [0.4, 0.5) is 5.69 Å². The maximum absolute atomic E-state index is 13.1. The lowest BCUT2D eigenvalue weighted by atomic mass is 10.1. The van der Waals surface area contributed by atoms with E-state index in [1.165, 1.54) is 13.4 Å². The third-order valence-corrected chi connectivity index (χ3v) is 4.54. The van der Waals surface area contributed by atoms with Crippen LogP contribution in [-0.4, -0.2) is 29.1 Å². The Morgan fingerprint density at radius 2 is 1.97 bits per heavy atom. The van der Waals surface area contributed by atoms with Crippen molar-refractivity contribution in [3.63, 3.8) is 0 Å². The number of carbonyl (C=O) groups is 2. The Labute approximate surface area is 165 Å². The van der Waals surface area contributed by atoms with Crippen molar-refractivity contribution in [2.45, 2.75) is 13.8 Å². The van der Waals surface area contributed by atoms with Crippen LogP contribution < -0.4 is 5.32 Å². The van der Waals surface area contributed by atoms with Crippen molar-refractivity contribution >= 4 is 28.7 Å². The standard InChI is InChI=1S/C21H17N3O5/c1-11-6-7-13(21(26)27-3)9-15(11)22-19(25)14-10-16(17-5-4-8-28-17)23-20-18(14)12(2)24-29-20/h4-10H,1-3H3,(H,22,25). The highest BCUT2D eigenvalue weighted by Gasteiger charge is 2.21. The van der Waals surface area contributed by atoms with E-state index in [-0.39, 0.29) is 11.6 Å². The Bertz CT molecular complexity index is 1220. The largest absolute Gasteiger partial charge is 0.465 e. The number of aromatic nitrogens is 2. The Kier molecular flexibility index (Phi) is 4.59. The fraction of sp³-hybridized carbons (Fsp3) is 0.143. The maximum atomic E-state index is 13.1. The number of hydrogen-bond donors (Lipinski definition) is 1. The molecule has 0 aliphatic heterocycles. The summed E-state index contributed by atoms with van der Waals surface area (Å²) in [6, 6.07) is 10.0. The molecular formula is C21H17N3O5. The topological polar surface area (TPSA) is 107 Å². The molecule has 3 aromatic heterocycles. The number of nitrogens with zero attached hydrogens (tertiary/aromatic N) is 2. The van der Waals surface area contributed by atoms with Gasteiger partial charge in [-0.05, 0) is 49.7 Å². The van der Waals surface area contributed by atoms with Gasteiger partial charge < -0.3 is 19.0 Å². The van der Waals surface area contributed by atoms with Crippen LogP contribution in [0.1, 0.15) is 32.0 Å². The number of fused-ring (bicyclic) bond motifs is 1. The van der Waals surface area contributed by atoms with E-state index in [9.17, 15) is 9.59 Å². The lowest BCUT2D eigenvalue weighted by Gasteiger charge is -2.11. The minimum absolute atomic E-state index is 0.238. The fourth-order valence-corrected chi connectivity index (χ4v) is 3.02. The van der Waals surface area contributed by atoms with Gasteiger partial charge in [-0.25, -0.2) is 9.78 Å². The van der Waals surface area contributed by atoms with Gasteiger partial charge in [-0.15, -0.1) is 0 Å². The highest BCUT2D eigenvalue weighted by molar-refractivity contribution is 6.13. The molecule has 1 amide bonds. The average molecular weight is 391 g/mol. The minimum Gasteiger partial charge on any atom is -0.465 e. The summed E-state index contributed by atoms with van der Waals surface area (Å²) >= 11 is 0. The smallest absolute Gasteiger partial charge is 0.337 e. The summed E-state index contributed by atoms with van der Waals surface area (Å²) in [5.74, 6) is -0.373. The fourth-order valence-electron chi connectivity index (χ4n) is 3.02. The second-order valence-electron chi connectivity index (χ2n) is 6.46. The van der Waals surface area contributed by atoms with E-state index < -0.39 is 5.97 Å². The van der Waals surface area contributed by atoms with Gasteiger partial charge in [-0.1, -0.05) is 11.2 Å². The monoisotopic (exact) mass is 391 g/mol. The molecule has 4 rings (SSSR count). The number of nitrogens with one attached hydrogen (secondary N) is 1. The number of anilines is 1. The number of amides is 1.